The van der Waals surface area contributed by atoms with Gasteiger partial charge < -0.3 is 5.73 Å². The van der Waals surface area contributed by atoms with Gasteiger partial charge in [0, 0.05) is 0 Å². The molecule has 0 saturated heterocycles. The Bertz CT molecular complexity index is 180. The normalized spacial score (nSPS) is 32.6. The van der Waals surface area contributed by atoms with Gasteiger partial charge in [-0.2, -0.15) is 0 Å². The van der Waals surface area contributed by atoms with Gasteiger partial charge in [0.2, 0.25) is 0 Å². The van der Waals surface area contributed by atoms with Crippen LogP contribution in [0.25, 0.3) is 0 Å². The van der Waals surface area contributed by atoms with E-state index < -0.39 is 0 Å². The summed E-state index contributed by atoms with van der Waals surface area (Å²) in [5.41, 5.74) is 6.56. The van der Waals surface area contributed by atoms with Gasteiger partial charge in [0.05, 0.1) is 0 Å². The third-order valence-corrected chi connectivity index (χ3v) is 4.77. The van der Waals surface area contributed by atoms with Crippen molar-refractivity contribution in [2.75, 3.05) is 6.54 Å². The van der Waals surface area contributed by atoms with Crippen molar-refractivity contribution in [2.45, 2.75) is 72.1 Å². The van der Waals surface area contributed by atoms with Crippen LogP contribution in [-0.4, -0.2) is 6.54 Å². The largest absolute Gasteiger partial charge is 0.330 e. The summed E-state index contributed by atoms with van der Waals surface area (Å²) in [5.74, 6) is 1.85. The number of rotatable bonds is 6. The van der Waals surface area contributed by atoms with Gasteiger partial charge in [0.25, 0.3) is 0 Å². The van der Waals surface area contributed by atoms with Crippen LogP contribution in [-0.2, 0) is 0 Å². The van der Waals surface area contributed by atoms with Gasteiger partial charge in [0.15, 0.2) is 0 Å². The molecule has 1 fully saturated rings. The Balaban J connectivity index is 2.44. The molecule has 0 amide bonds. The molecule has 16 heavy (non-hydrogen) atoms. The predicted molar refractivity (Wildman–Crippen MR) is 72.4 cm³/mol. The van der Waals surface area contributed by atoms with E-state index in [1.807, 2.05) is 0 Å². The molecule has 1 rings (SSSR count). The molecule has 1 heteroatoms. The van der Waals surface area contributed by atoms with Gasteiger partial charge in [-0.15, -0.1) is 0 Å². The zero-order chi connectivity index (χ0) is 12.0. The molecule has 0 aromatic rings. The molecule has 0 aromatic carbocycles. The van der Waals surface area contributed by atoms with Gasteiger partial charge in [-0.05, 0) is 55.9 Å². The van der Waals surface area contributed by atoms with E-state index in [0.29, 0.717) is 5.41 Å². The first-order valence-corrected chi connectivity index (χ1v) is 7.36. The highest BCUT2D eigenvalue weighted by molar-refractivity contribution is 4.87. The summed E-state index contributed by atoms with van der Waals surface area (Å²) in [6.07, 6.45) is 11.1. The van der Waals surface area contributed by atoms with Crippen molar-refractivity contribution in [3.8, 4) is 0 Å². The van der Waals surface area contributed by atoms with E-state index in [9.17, 15) is 0 Å². The molecule has 1 unspecified atom stereocenters. The summed E-state index contributed by atoms with van der Waals surface area (Å²) in [6, 6.07) is 0. The van der Waals surface area contributed by atoms with Crippen molar-refractivity contribution >= 4 is 0 Å². The fourth-order valence-corrected chi connectivity index (χ4v) is 3.36. The van der Waals surface area contributed by atoms with Crippen molar-refractivity contribution in [2.24, 2.45) is 23.0 Å². The van der Waals surface area contributed by atoms with Crippen LogP contribution in [0.3, 0.4) is 0 Å². The lowest BCUT2D eigenvalue weighted by atomic mass is 9.66. The van der Waals surface area contributed by atoms with E-state index in [1.165, 1.54) is 51.4 Å². The highest BCUT2D eigenvalue weighted by Crippen LogP contribution is 2.44. The van der Waals surface area contributed by atoms with Gasteiger partial charge in [-0.1, -0.05) is 40.0 Å². The molecule has 0 radical (unpaired) electrons. The molecule has 1 aliphatic rings. The van der Waals surface area contributed by atoms with Crippen molar-refractivity contribution in [3.63, 3.8) is 0 Å². The standard InChI is InChI=1S/C15H31N/c1-4-6-14-7-9-15(12-16,10-8-14)11-13(3)5-2/h13-14H,4-12,16H2,1-3H3. The van der Waals surface area contributed by atoms with E-state index >= 15 is 0 Å². The minimum Gasteiger partial charge on any atom is -0.330 e. The van der Waals surface area contributed by atoms with Crippen molar-refractivity contribution in [1.82, 2.24) is 0 Å². The van der Waals surface area contributed by atoms with Crippen LogP contribution in [0.1, 0.15) is 72.1 Å². The zero-order valence-electron chi connectivity index (χ0n) is 11.6. The molecule has 0 aliphatic heterocycles. The third kappa shape index (κ3) is 3.76. The second-order valence-corrected chi connectivity index (χ2v) is 6.15. The molecule has 0 spiro atoms. The average molecular weight is 225 g/mol. The summed E-state index contributed by atoms with van der Waals surface area (Å²) in [6.45, 7) is 7.91. The quantitative estimate of drug-likeness (QED) is 0.714. The minimum atomic E-state index is 0.500. The lowest BCUT2D eigenvalue weighted by molar-refractivity contribution is 0.119. The van der Waals surface area contributed by atoms with Crippen LogP contribution in [0.2, 0.25) is 0 Å². The van der Waals surface area contributed by atoms with Gasteiger partial charge in [-0.3, -0.25) is 0 Å². The van der Waals surface area contributed by atoms with Gasteiger partial charge in [-0.25, -0.2) is 0 Å². The van der Waals surface area contributed by atoms with Crippen molar-refractivity contribution in [1.29, 1.82) is 0 Å². The first-order valence-electron chi connectivity index (χ1n) is 7.36. The molecular weight excluding hydrogens is 194 g/mol. The first-order chi connectivity index (χ1) is 7.65. The maximum absolute atomic E-state index is 6.06. The van der Waals surface area contributed by atoms with Crippen LogP contribution in [0.4, 0.5) is 0 Å². The Kier molecular flexibility index (Phi) is 5.82. The van der Waals surface area contributed by atoms with E-state index in [-0.39, 0.29) is 0 Å². The summed E-state index contributed by atoms with van der Waals surface area (Å²) in [7, 11) is 0. The molecule has 0 bridgehead atoms. The third-order valence-electron chi connectivity index (χ3n) is 4.77. The fourth-order valence-electron chi connectivity index (χ4n) is 3.36. The average Bonchev–Trinajstić information content (AvgIpc) is 2.32. The summed E-state index contributed by atoms with van der Waals surface area (Å²) >= 11 is 0. The molecule has 2 N–H and O–H groups in total. The Labute approximate surface area is 102 Å². The van der Waals surface area contributed by atoms with Crippen LogP contribution >= 0.6 is 0 Å². The Morgan fingerprint density at radius 3 is 2.31 bits per heavy atom. The molecule has 1 nitrogen and oxygen atoms in total. The fraction of sp³-hybridized carbons (Fsp3) is 1.00. The highest BCUT2D eigenvalue weighted by Gasteiger charge is 2.34. The number of hydrogen-bond acceptors (Lipinski definition) is 1. The van der Waals surface area contributed by atoms with E-state index in [2.05, 4.69) is 20.8 Å². The van der Waals surface area contributed by atoms with Gasteiger partial charge in [0.1, 0.15) is 0 Å². The molecule has 0 aromatic heterocycles. The molecule has 96 valence electrons. The molecule has 0 heterocycles. The second kappa shape index (κ2) is 6.64. The smallest absolute Gasteiger partial charge is 0.00204 e. The number of nitrogens with two attached hydrogens (primary N) is 1. The summed E-state index contributed by atoms with van der Waals surface area (Å²) < 4.78 is 0. The summed E-state index contributed by atoms with van der Waals surface area (Å²) in [5, 5.41) is 0. The minimum absolute atomic E-state index is 0.500. The lowest BCUT2D eigenvalue weighted by Gasteiger charge is -2.41. The maximum Gasteiger partial charge on any atom is -0.00204 e. The zero-order valence-corrected chi connectivity index (χ0v) is 11.6. The Morgan fingerprint density at radius 1 is 1.25 bits per heavy atom. The molecule has 1 atom stereocenters. The van der Waals surface area contributed by atoms with Crippen molar-refractivity contribution < 1.29 is 0 Å². The van der Waals surface area contributed by atoms with Crippen LogP contribution < -0.4 is 5.73 Å². The van der Waals surface area contributed by atoms with Crippen molar-refractivity contribution in [3.05, 3.63) is 0 Å². The number of hydrogen-bond donors (Lipinski definition) is 1. The van der Waals surface area contributed by atoms with E-state index in [1.54, 1.807) is 0 Å². The van der Waals surface area contributed by atoms with Gasteiger partial charge >= 0.3 is 0 Å². The lowest BCUT2D eigenvalue weighted by Crippen LogP contribution is -2.36. The Morgan fingerprint density at radius 2 is 1.88 bits per heavy atom. The molecule has 1 aliphatic carbocycles. The van der Waals surface area contributed by atoms with E-state index in [4.69, 9.17) is 5.73 Å². The molecule has 1 saturated carbocycles. The first kappa shape index (κ1) is 14.0. The Hall–Kier alpha value is -0.0400. The second-order valence-electron chi connectivity index (χ2n) is 6.15. The summed E-state index contributed by atoms with van der Waals surface area (Å²) in [4.78, 5) is 0. The highest BCUT2D eigenvalue weighted by atomic mass is 14.6. The SMILES string of the molecule is CCCC1CCC(CN)(CC(C)CC)CC1. The van der Waals surface area contributed by atoms with E-state index in [0.717, 1.165) is 18.4 Å². The van der Waals surface area contributed by atoms with Crippen LogP contribution in [0.15, 0.2) is 0 Å². The molecular formula is C15H31N. The topological polar surface area (TPSA) is 26.0 Å². The maximum atomic E-state index is 6.06. The monoisotopic (exact) mass is 225 g/mol. The van der Waals surface area contributed by atoms with Crippen LogP contribution in [0.5, 0.6) is 0 Å². The van der Waals surface area contributed by atoms with Crippen LogP contribution in [0, 0.1) is 17.3 Å². The predicted octanol–water partition coefficient (Wildman–Crippen LogP) is 4.36.